The van der Waals surface area contributed by atoms with Gasteiger partial charge >= 0.3 is 6.18 Å². The summed E-state index contributed by atoms with van der Waals surface area (Å²) in [6.07, 6.45) is -3.50. The Labute approximate surface area is 202 Å². The smallest absolute Gasteiger partial charge is 0.370 e. The lowest BCUT2D eigenvalue weighted by Crippen LogP contribution is -2.49. The third kappa shape index (κ3) is 4.70. The number of benzene rings is 2. The van der Waals surface area contributed by atoms with E-state index in [9.17, 15) is 22.8 Å². The third-order valence-corrected chi connectivity index (χ3v) is 7.25. The number of nitrogens with zero attached hydrogens (tertiary/aromatic N) is 4. The summed E-state index contributed by atoms with van der Waals surface area (Å²) in [5.74, 6) is -0.538. The largest absolute Gasteiger partial charge is 0.417 e. The molecule has 4 rings (SSSR count). The van der Waals surface area contributed by atoms with E-state index in [1.807, 2.05) is 23.1 Å². The van der Waals surface area contributed by atoms with Gasteiger partial charge in [-0.15, -0.1) is 0 Å². The van der Waals surface area contributed by atoms with Gasteiger partial charge in [-0.3, -0.25) is 9.59 Å². The van der Waals surface area contributed by atoms with Gasteiger partial charge in [0.05, 0.1) is 23.1 Å². The number of likely N-dealkylation sites (tertiary alicyclic amines) is 1. The second-order valence-corrected chi connectivity index (χ2v) is 9.53. The molecule has 35 heavy (non-hydrogen) atoms. The van der Waals surface area contributed by atoms with E-state index in [0.29, 0.717) is 43.7 Å². The van der Waals surface area contributed by atoms with Crippen LogP contribution in [0.25, 0.3) is 0 Å². The first kappa shape index (κ1) is 24.6. The molecule has 2 fully saturated rings. The molecule has 1 atom stereocenters. The number of halogens is 3. The molecule has 9 heteroatoms. The Morgan fingerprint density at radius 1 is 1.09 bits per heavy atom. The van der Waals surface area contributed by atoms with Gasteiger partial charge in [0.2, 0.25) is 5.91 Å². The Morgan fingerprint density at radius 2 is 1.74 bits per heavy atom. The summed E-state index contributed by atoms with van der Waals surface area (Å²) in [7, 11) is 3.35. The van der Waals surface area contributed by atoms with Crippen LogP contribution in [0, 0.1) is 22.7 Å². The van der Waals surface area contributed by atoms with Crippen LogP contribution in [-0.2, 0) is 11.0 Å². The van der Waals surface area contributed by atoms with Gasteiger partial charge in [0.15, 0.2) is 0 Å². The zero-order valence-corrected chi connectivity index (χ0v) is 19.7. The molecule has 0 N–H and O–H groups in total. The number of rotatable bonds is 3. The van der Waals surface area contributed by atoms with E-state index >= 15 is 0 Å². The number of piperidine rings is 1. The maximum Gasteiger partial charge on any atom is 0.417 e. The highest BCUT2D eigenvalue weighted by molar-refractivity contribution is 5.94. The maximum absolute atomic E-state index is 13.6. The number of amides is 2. The Hall–Kier alpha value is -3.54. The van der Waals surface area contributed by atoms with Gasteiger partial charge in [-0.25, -0.2) is 0 Å². The zero-order valence-electron chi connectivity index (χ0n) is 19.7. The van der Waals surface area contributed by atoms with Crippen molar-refractivity contribution < 1.29 is 22.8 Å². The van der Waals surface area contributed by atoms with Crippen LogP contribution in [0.15, 0.2) is 48.5 Å². The molecule has 184 valence electrons. The van der Waals surface area contributed by atoms with E-state index in [1.54, 1.807) is 37.2 Å². The molecule has 2 aromatic rings. The number of hydrogen-bond donors (Lipinski definition) is 0. The molecule has 2 heterocycles. The van der Waals surface area contributed by atoms with E-state index in [2.05, 4.69) is 0 Å². The molecule has 0 radical (unpaired) electrons. The fourth-order valence-corrected chi connectivity index (χ4v) is 5.30. The van der Waals surface area contributed by atoms with E-state index in [4.69, 9.17) is 5.26 Å². The normalized spacial score (nSPS) is 19.5. The number of carbonyl (C=O) groups excluding carboxylic acids is 2. The van der Waals surface area contributed by atoms with Crippen molar-refractivity contribution in [1.29, 1.82) is 5.26 Å². The van der Waals surface area contributed by atoms with Crippen molar-refractivity contribution in [3.05, 3.63) is 65.2 Å². The Kier molecular flexibility index (Phi) is 6.50. The summed E-state index contributed by atoms with van der Waals surface area (Å²) in [4.78, 5) is 31.2. The van der Waals surface area contributed by atoms with Crippen molar-refractivity contribution >= 4 is 17.5 Å². The van der Waals surface area contributed by atoms with Gasteiger partial charge in [-0.1, -0.05) is 18.2 Å². The van der Waals surface area contributed by atoms with E-state index < -0.39 is 28.6 Å². The summed E-state index contributed by atoms with van der Waals surface area (Å²) in [5.41, 5.74) is -0.913. The molecular formula is C26H27F3N4O2. The van der Waals surface area contributed by atoms with Crippen molar-refractivity contribution in [2.75, 3.05) is 45.2 Å². The Balaban J connectivity index is 1.60. The quantitative estimate of drug-likeness (QED) is 0.660. The monoisotopic (exact) mass is 484 g/mol. The molecule has 6 nitrogen and oxygen atoms in total. The summed E-state index contributed by atoms with van der Waals surface area (Å²) in [6.45, 7) is 1.64. The maximum atomic E-state index is 13.6. The first-order valence-electron chi connectivity index (χ1n) is 11.5. The minimum Gasteiger partial charge on any atom is -0.370 e. The van der Waals surface area contributed by atoms with Crippen molar-refractivity contribution in [1.82, 2.24) is 9.80 Å². The Bertz CT molecular complexity index is 1150. The molecule has 2 aliphatic heterocycles. The summed E-state index contributed by atoms with van der Waals surface area (Å²) >= 11 is 0. The molecule has 2 aliphatic rings. The highest BCUT2D eigenvalue weighted by Gasteiger charge is 2.52. The predicted molar refractivity (Wildman–Crippen MR) is 125 cm³/mol. The van der Waals surface area contributed by atoms with Gasteiger partial charge < -0.3 is 14.7 Å². The molecule has 2 amide bonds. The number of nitriles is 1. The van der Waals surface area contributed by atoms with Gasteiger partial charge in [0.25, 0.3) is 5.91 Å². The standard InChI is InChI=1S/C26H27F3N4O2/c1-31(2)24(35)22-16-33(20-9-8-19(15-30)21(14-20)26(27,28)29)17-25(22)10-12-32(13-11-25)23(34)18-6-4-3-5-7-18/h3-9,14,22H,10-13,16-17H2,1-2H3. The predicted octanol–water partition coefficient (Wildman–Crippen LogP) is 4.02. The van der Waals surface area contributed by atoms with Crippen LogP contribution in [0.4, 0.5) is 18.9 Å². The van der Waals surface area contributed by atoms with Crippen molar-refractivity contribution in [2.45, 2.75) is 19.0 Å². The lowest BCUT2D eigenvalue weighted by molar-refractivity contribution is -0.138. The molecular weight excluding hydrogens is 457 g/mol. The highest BCUT2D eigenvalue weighted by Crippen LogP contribution is 2.47. The number of carbonyl (C=O) groups is 2. The van der Waals surface area contributed by atoms with Crippen LogP contribution in [0.3, 0.4) is 0 Å². The minimum atomic E-state index is -4.65. The van der Waals surface area contributed by atoms with E-state index in [-0.39, 0.29) is 18.4 Å². The SMILES string of the molecule is CN(C)C(=O)C1CN(c2ccc(C#N)c(C(F)(F)F)c2)CC12CCN(C(=O)c1ccccc1)CC2. The molecule has 1 spiro atoms. The molecule has 2 saturated heterocycles. The first-order valence-corrected chi connectivity index (χ1v) is 11.5. The van der Waals surface area contributed by atoms with Crippen LogP contribution >= 0.6 is 0 Å². The van der Waals surface area contributed by atoms with Crippen molar-refractivity contribution in [2.24, 2.45) is 11.3 Å². The molecule has 0 aliphatic carbocycles. The van der Waals surface area contributed by atoms with Crippen LogP contribution < -0.4 is 4.90 Å². The van der Waals surface area contributed by atoms with Crippen LogP contribution in [0.5, 0.6) is 0 Å². The summed E-state index contributed by atoms with van der Waals surface area (Å²) in [5, 5.41) is 9.12. The number of anilines is 1. The molecule has 2 aromatic carbocycles. The van der Waals surface area contributed by atoms with E-state index in [0.717, 1.165) is 6.07 Å². The molecule has 0 aromatic heterocycles. The highest BCUT2D eigenvalue weighted by atomic mass is 19.4. The second-order valence-electron chi connectivity index (χ2n) is 9.53. The lowest BCUT2D eigenvalue weighted by Gasteiger charge is -2.42. The topological polar surface area (TPSA) is 67.7 Å². The fraction of sp³-hybridized carbons (Fsp3) is 0.423. The van der Waals surface area contributed by atoms with Gasteiger partial charge in [-0.05, 0) is 43.2 Å². The van der Waals surface area contributed by atoms with Crippen molar-refractivity contribution in [3.8, 4) is 6.07 Å². The van der Waals surface area contributed by atoms with Gasteiger partial charge in [-0.2, -0.15) is 18.4 Å². The summed E-state index contributed by atoms with van der Waals surface area (Å²) < 4.78 is 40.7. The average molecular weight is 485 g/mol. The minimum absolute atomic E-state index is 0.0623. The first-order chi connectivity index (χ1) is 16.6. The Morgan fingerprint density at radius 3 is 2.31 bits per heavy atom. The van der Waals surface area contributed by atoms with Gasteiger partial charge in [0, 0.05) is 56.9 Å². The summed E-state index contributed by atoms with van der Waals surface area (Å²) in [6, 6.07) is 14.3. The molecule has 0 bridgehead atoms. The van der Waals surface area contributed by atoms with Crippen LogP contribution in [0.2, 0.25) is 0 Å². The second kappa shape index (κ2) is 9.25. The van der Waals surface area contributed by atoms with Crippen LogP contribution in [0.1, 0.15) is 34.3 Å². The van der Waals surface area contributed by atoms with Crippen LogP contribution in [-0.4, -0.2) is 61.9 Å². The zero-order chi connectivity index (χ0) is 25.4. The number of alkyl halides is 3. The average Bonchev–Trinajstić information content (AvgIpc) is 3.21. The van der Waals surface area contributed by atoms with Crippen molar-refractivity contribution in [3.63, 3.8) is 0 Å². The van der Waals surface area contributed by atoms with E-state index in [1.165, 1.54) is 17.0 Å². The molecule has 1 unspecified atom stereocenters. The third-order valence-electron chi connectivity index (χ3n) is 7.25. The fourth-order valence-electron chi connectivity index (χ4n) is 5.30. The lowest BCUT2D eigenvalue weighted by atomic mass is 9.70. The number of hydrogen-bond acceptors (Lipinski definition) is 4. The van der Waals surface area contributed by atoms with Gasteiger partial charge in [0.1, 0.15) is 0 Å². The molecule has 0 saturated carbocycles.